The normalized spacial score (nSPS) is 10.6. The second-order valence-electron chi connectivity index (χ2n) is 4.55. The minimum atomic E-state index is -0.269. The minimum absolute atomic E-state index is 0.0332. The third kappa shape index (κ3) is 3.79. The van der Waals surface area contributed by atoms with Crippen LogP contribution in [0.4, 0.5) is 4.39 Å². The second kappa shape index (κ2) is 7.03. The van der Waals surface area contributed by atoms with Gasteiger partial charge in [-0.15, -0.1) is 0 Å². The number of ether oxygens (including phenoxy) is 1. The van der Waals surface area contributed by atoms with Crippen LogP contribution in [0, 0.1) is 5.82 Å². The van der Waals surface area contributed by atoms with E-state index in [2.05, 4.69) is 5.32 Å². The largest absolute Gasteiger partial charge is 0.489 e. The van der Waals surface area contributed by atoms with Crippen molar-refractivity contribution in [3.05, 3.63) is 65.0 Å². The van der Waals surface area contributed by atoms with Gasteiger partial charge in [0.05, 0.1) is 6.61 Å². The van der Waals surface area contributed by atoms with Gasteiger partial charge in [-0.2, -0.15) is 0 Å². The zero-order valence-electron chi connectivity index (χ0n) is 11.4. The van der Waals surface area contributed by atoms with E-state index in [0.717, 1.165) is 16.7 Å². The third-order valence-electron chi connectivity index (χ3n) is 2.99. The Bertz CT molecular complexity index is 555. The van der Waals surface area contributed by atoms with Crippen molar-refractivity contribution < 1.29 is 14.2 Å². The summed E-state index contributed by atoms with van der Waals surface area (Å²) < 4.78 is 18.9. The fourth-order valence-electron chi connectivity index (χ4n) is 1.92. The molecule has 0 aliphatic heterocycles. The average Bonchev–Trinajstić information content (AvgIpc) is 2.47. The average molecular weight is 275 g/mol. The van der Waals surface area contributed by atoms with Gasteiger partial charge in [-0.1, -0.05) is 24.3 Å². The zero-order chi connectivity index (χ0) is 14.4. The van der Waals surface area contributed by atoms with E-state index in [0.29, 0.717) is 18.9 Å². The number of nitrogens with one attached hydrogen (secondary N) is 1. The molecule has 0 bridgehead atoms. The predicted octanol–water partition coefficient (Wildman–Crippen LogP) is 2.62. The SMILES string of the molecule is CNCc1cc(F)ccc1OCc1ccc(CO)cc1. The summed E-state index contributed by atoms with van der Waals surface area (Å²) in [6.45, 7) is 0.996. The molecule has 0 aliphatic rings. The van der Waals surface area contributed by atoms with E-state index in [1.54, 1.807) is 6.07 Å². The van der Waals surface area contributed by atoms with Crippen molar-refractivity contribution in [1.29, 1.82) is 0 Å². The summed E-state index contributed by atoms with van der Waals surface area (Å²) in [7, 11) is 1.81. The molecule has 2 aromatic carbocycles. The molecule has 3 nitrogen and oxygen atoms in total. The first-order chi connectivity index (χ1) is 9.72. The molecule has 106 valence electrons. The van der Waals surface area contributed by atoms with Gasteiger partial charge in [-0.3, -0.25) is 0 Å². The van der Waals surface area contributed by atoms with Crippen LogP contribution < -0.4 is 10.1 Å². The summed E-state index contributed by atoms with van der Waals surface area (Å²) in [6, 6.07) is 12.0. The summed E-state index contributed by atoms with van der Waals surface area (Å²) in [6.07, 6.45) is 0. The Balaban J connectivity index is 2.05. The molecule has 2 N–H and O–H groups in total. The molecule has 0 aliphatic carbocycles. The molecule has 0 radical (unpaired) electrons. The van der Waals surface area contributed by atoms with Crippen molar-refractivity contribution in [2.75, 3.05) is 7.05 Å². The Labute approximate surface area is 118 Å². The predicted molar refractivity (Wildman–Crippen MR) is 75.9 cm³/mol. The molecule has 0 fully saturated rings. The van der Waals surface area contributed by atoms with Gasteiger partial charge in [0.1, 0.15) is 18.2 Å². The van der Waals surface area contributed by atoms with Gasteiger partial charge in [0.15, 0.2) is 0 Å². The summed E-state index contributed by atoms with van der Waals surface area (Å²) >= 11 is 0. The van der Waals surface area contributed by atoms with Crippen LogP contribution >= 0.6 is 0 Å². The molecule has 0 spiro atoms. The molecule has 4 heteroatoms. The van der Waals surface area contributed by atoms with Gasteiger partial charge in [0, 0.05) is 12.1 Å². The monoisotopic (exact) mass is 275 g/mol. The Morgan fingerprint density at radius 2 is 1.80 bits per heavy atom. The molecular formula is C16H18FNO2. The van der Waals surface area contributed by atoms with E-state index < -0.39 is 0 Å². The maximum absolute atomic E-state index is 13.2. The number of aliphatic hydroxyl groups is 1. The molecule has 0 heterocycles. The van der Waals surface area contributed by atoms with Crippen LogP contribution in [-0.2, 0) is 19.8 Å². The number of benzene rings is 2. The topological polar surface area (TPSA) is 41.5 Å². The van der Waals surface area contributed by atoms with E-state index >= 15 is 0 Å². The maximum atomic E-state index is 13.2. The number of hydrogen-bond acceptors (Lipinski definition) is 3. The van der Waals surface area contributed by atoms with E-state index in [1.807, 2.05) is 31.3 Å². The lowest BCUT2D eigenvalue weighted by molar-refractivity contribution is 0.281. The van der Waals surface area contributed by atoms with Crippen molar-refractivity contribution >= 4 is 0 Å². The van der Waals surface area contributed by atoms with Crippen LogP contribution in [0.25, 0.3) is 0 Å². The second-order valence-corrected chi connectivity index (χ2v) is 4.55. The number of hydrogen-bond donors (Lipinski definition) is 2. The van der Waals surface area contributed by atoms with Crippen molar-refractivity contribution in [2.45, 2.75) is 19.8 Å². The maximum Gasteiger partial charge on any atom is 0.124 e. The fourth-order valence-corrected chi connectivity index (χ4v) is 1.92. The summed E-state index contributed by atoms with van der Waals surface area (Å²) in [5.41, 5.74) is 2.66. The molecule has 0 aromatic heterocycles. The van der Waals surface area contributed by atoms with Crippen molar-refractivity contribution in [3.8, 4) is 5.75 Å². The first-order valence-corrected chi connectivity index (χ1v) is 6.47. The standard InChI is InChI=1S/C16H18FNO2/c1-18-9-14-8-15(17)6-7-16(14)20-11-13-4-2-12(10-19)3-5-13/h2-8,18-19H,9-11H2,1H3. The lowest BCUT2D eigenvalue weighted by atomic mass is 10.1. The van der Waals surface area contributed by atoms with Crippen LogP contribution in [-0.4, -0.2) is 12.2 Å². The van der Waals surface area contributed by atoms with Crippen molar-refractivity contribution in [3.63, 3.8) is 0 Å². The van der Waals surface area contributed by atoms with E-state index in [9.17, 15) is 4.39 Å². The highest BCUT2D eigenvalue weighted by Gasteiger charge is 2.05. The van der Waals surface area contributed by atoms with Crippen molar-refractivity contribution in [2.24, 2.45) is 0 Å². The van der Waals surface area contributed by atoms with Gasteiger partial charge in [0.2, 0.25) is 0 Å². The molecule has 0 atom stereocenters. The van der Waals surface area contributed by atoms with Crippen LogP contribution in [0.3, 0.4) is 0 Å². The summed E-state index contributed by atoms with van der Waals surface area (Å²) in [5, 5.41) is 12.0. The highest BCUT2D eigenvalue weighted by atomic mass is 19.1. The fraction of sp³-hybridized carbons (Fsp3) is 0.250. The quantitative estimate of drug-likeness (QED) is 0.851. The number of aliphatic hydroxyl groups excluding tert-OH is 1. The van der Waals surface area contributed by atoms with Gasteiger partial charge in [0.25, 0.3) is 0 Å². The van der Waals surface area contributed by atoms with Gasteiger partial charge < -0.3 is 15.2 Å². The highest BCUT2D eigenvalue weighted by molar-refractivity contribution is 5.34. The Kier molecular flexibility index (Phi) is 5.09. The summed E-state index contributed by atoms with van der Waals surface area (Å²) in [4.78, 5) is 0. The van der Waals surface area contributed by atoms with E-state index in [1.165, 1.54) is 12.1 Å². The first-order valence-electron chi connectivity index (χ1n) is 6.47. The van der Waals surface area contributed by atoms with E-state index in [4.69, 9.17) is 9.84 Å². The molecule has 0 saturated heterocycles. The van der Waals surface area contributed by atoms with Crippen LogP contribution in [0.1, 0.15) is 16.7 Å². The van der Waals surface area contributed by atoms with Gasteiger partial charge >= 0.3 is 0 Å². The first kappa shape index (κ1) is 14.5. The number of rotatable bonds is 6. The minimum Gasteiger partial charge on any atom is -0.489 e. The molecule has 0 amide bonds. The van der Waals surface area contributed by atoms with Crippen LogP contribution in [0.2, 0.25) is 0 Å². The molecule has 0 saturated carbocycles. The molecule has 20 heavy (non-hydrogen) atoms. The molecular weight excluding hydrogens is 257 g/mol. The van der Waals surface area contributed by atoms with E-state index in [-0.39, 0.29) is 12.4 Å². The lowest BCUT2D eigenvalue weighted by Gasteiger charge is -2.12. The van der Waals surface area contributed by atoms with Crippen LogP contribution in [0.15, 0.2) is 42.5 Å². The van der Waals surface area contributed by atoms with Crippen molar-refractivity contribution in [1.82, 2.24) is 5.32 Å². The van der Waals surface area contributed by atoms with Gasteiger partial charge in [-0.05, 0) is 36.4 Å². The zero-order valence-corrected chi connectivity index (χ0v) is 11.4. The van der Waals surface area contributed by atoms with Gasteiger partial charge in [-0.25, -0.2) is 4.39 Å². The Hall–Kier alpha value is -1.91. The van der Waals surface area contributed by atoms with Crippen LogP contribution in [0.5, 0.6) is 5.75 Å². The number of halogens is 1. The Morgan fingerprint density at radius 1 is 1.10 bits per heavy atom. The molecule has 0 unspecified atom stereocenters. The summed E-state index contributed by atoms with van der Waals surface area (Å²) in [5.74, 6) is 0.405. The smallest absolute Gasteiger partial charge is 0.124 e. The molecule has 2 aromatic rings. The Morgan fingerprint density at radius 3 is 2.45 bits per heavy atom. The highest BCUT2D eigenvalue weighted by Crippen LogP contribution is 2.21. The third-order valence-corrected chi connectivity index (χ3v) is 2.99. The molecule has 2 rings (SSSR count). The lowest BCUT2D eigenvalue weighted by Crippen LogP contribution is -2.08.